The number of hydrogen-bond acceptors (Lipinski definition) is 0. The van der Waals surface area contributed by atoms with Crippen molar-refractivity contribution in [2.45, 2.75) is 52.9 Å². The standard InChI is InChI=1S/C15H20.C2H6/c1-11-6-4-2-3-5-7-14-13(11)9-8-12-10-15(12)14;1-2/h5,7-9,11-12,15H,2-4,6,10H2,1H3;1-2H3/b7-5+;. The fraction of sp³-hybridized carbons (Fsp3) is 0.647. The summed E-state index contributed by atoms with van der Waals surface area (Å²) in [5, 5.41) is 0. The van der Waals surface area contributed by atoms with Gasteiger partial charge in [0, 0.05) is 0 Å². The molecule has 0 bridgehead atoms. The quantitative estimate of drug-likeness (QED) is 0.531. The molecule has 0 saturated heterocycles. The van der Waals surface area contributed by atoms with E-state index in [-0.39, 0.29) is 0 Å². The molecule has 3 atom stereocenters. The minimum Gasteiger partial charge on any atom is -0.0842 e. The number of rotatable bonds is 0. The first kappa shape index (κ1) is 12.7. The van der Waals surface area contributed by atoms with Gasteiger partial charge in [-0.15, -0.1) is 0 Å². The molecule has 3 aliphatic carbocycles. The van der Waals surface area contributed by atoms with Gasteiger partial charge in [-0.2, -0.15) is 0 Å². The molecule has 0 heterocycles. The molecule has 0 N–H and O–H groups in total. The molecule has 1 fully saturated rings. The first-order valence-electron chi connectivity index (χ1n) is 7.45. The molecule has 0 amide bonds. The molecular formula is C17H26. The van der Waals surface area contributed by atoms with Crippen LogP contribution in [-0.2, 0) is 0 Å². The summed E-state index contributed by atoms with van der Waals surface area (Å²) in [4.78, 5) is 0. The van der Waals surface area contributed by atoms with Gasteiger partial charge >= 0.3 is 0 Å². The van der Waals surface area contributed by atoms with E-state index in [9.17, 15) is 0 Å². The third-order valence-electron chi connectivity index (χ3n) is 4.18. The SMILES string of the molecule is CC.CC1CCCC/C=C/C2=C1C=CC1CC21. The summed E-state index contributed by atoms with van der Waals surface area (Å²) in [6, 6.07) is 0. The van der Waals surface area contributed by atoms with Crippen LogP contribution in [0.4, 0.5) is 0 Å². The molecule has 0 spiro atoms. The second-order valence-electron chi connectivity index (χ2n) is 5.36. The Hall–Kier alpha value is -0.780. The molecule has 3 unspecified atom stereocenters. The van der Waals surface area contributed by atoms with Crippen LogP contribution >= 0.6 is 0 Å². The van der Waals surface area contributed by atoms with E-state index in [4.69, 9.17) is 0 Å². The molecule has 0 radical (unpaired) electrons. The predicted molar refractivity (Wildman–Crippen MR) is 75.9 cm³/mol. The van der Waals surface area contributed by atoms with Crippen LogP contribution in [0.15, 0.2) is 35.5 Å². The van der Waals surface area contributed by atoms with Gasteiger partial charge in [0.1, 0.15) is 0 Å². The maximum Gasteiger partial charge on any atom is -0.00901 e. The molecule has 0 aliphatic heterocycles. The highest BCUT2D eigenvalue weighted by Gasteiger charge is 2.40. The smallest absolute Gasteiger partial charge is 0.00901 e. The van der Waals surface area contributed by atoms with Gasteiger partial charge in [0.15, 0.2) is 0 Å². The van der Waals surface area contributed by atoms with Gasteiger partial charge in [-0.1, -0.05) is 51.5 Å². The van der Waals surface area contributed by atoms with Crippen molar-refractivity contribution in [1.29, 1.82) is 0 Å². The van der Waals surface area contributed by atoms with Gasteiger partial charge in [0.2, 0.25) is 0 Å². The Morgan fingerprint density at radius 3 is 2.71 bits per heavy atom. The monoisotopic (exact) mass is 230 g/mol. The van der Waals surface area contributed by atoms with Crippen LogP contribution < -0.4 is 0 Å². The molecule has 94 valence electrons. The fourth-order valence-electron chi connectivity index (χ4n) is 3.07. The van der Waals surface area contributed by atoms with Crippen LogP contribution in [0.5, 0.6) is 0 Å². The number of hydrogen-bond donors (Lipinski definition) is 0. The number of allylic oxidation sites excluding steroid dienone is 6. The van der Waals surface area contributed by atoms with Crippen molar-refractivity contribution in [3.8, 4) is 0 Å². The molecule has 0 aromatic rings. The Balaban J connectivity index is 0.000000514. The third-order valence-corrected chi connectivity index (χ3v) is 4.18. The molecule has 3 aliphatic rings. The second-order valence-corrected chi connectivity index (χ2v) is 5.36. The van der Waals surface area contributed by atoms with Gasteiger partial charge in [-0.05, 0) is 54.6 Å². The Bertz CT molecular complexity index is 343. The van der Waals surface area contributed by atoms with E-state index in [0.717, 1.165) is 17.8 Å². The molecule has 3 rings (SSSR count). The molecule has 0 aromatic carbocycles. The van der Waals surface area contributed by atoms with Crippen molar-refractivity contribution < 1.29 is 0 Å². The summed E-state index contributed by atoms with van der Waals surface area (Å²) in [6.45, 7) is 6.40. The zero-order valence-corrected chi connectivity index (χ0v) is 11.6. The molecule has 1 saturated carbocycles. The first-order valence-corrected chi connectivity index (χ1v) is 7.45. The minimum atomic E-state index is 0.778. The van der Waals surface area contributed by atoms with Crippen LogP contribution in [0.1, 0.15) is 52.9 Å². The first-order chi connectivity index (χ1) is 8.36. The van der Waals surface area contributed by atoms with Crippen LogP contribution in [0.25, 0.3) is 0 Å². The van der Waals surface area contributed by atoms with E-state index >= 15 is 0 Å². The van der Waals surface area contributed by atoms with Crippen LogP contribution in [-0.4, -0.2) is 0 Å². The van der Waals surface area contributed by atoms with Crippen molar-refractivity contribution in [2.24, 2.45) is 17.8 Å². The highest BCUT2D eigenvalue weighted by atomic mass is 14.4. The Kier molecular flexibility index (Phi) is 4.25. The molecule has 0 nitrogen and oxygen atoms in total. The summed E-state index contributed by atoms with van der Waals surface area (Å²) >= 11 is 0. The number of fused-ring (bicyclic) bond motifs is 2. The summed E-state index contributed by atoms with van der Waals surface area (Å²) < 4.78 is 0. The fourth-order valence-corrected chi connectivity index (χ4v) is 3.07. The van der Waals surface area contributed by atoms with Crippen molar-refractivity contribution >= 4 is 0 Å². The van der Waals surface area contributed by atoms with E-state index in [0.29, 0.717) is 0 Å². The zero-order chi connectivity index (χ0) is 12.3. The van der Waals surface area contributed by atoms with Gasteiger partial charge in [-0.25, -0.2) is 0 Å². The Labute approximate surface area is 106 Å². The van der Waals surface area contributed by atoms with Crippen molar-refractivity contribution in [1.82, 2.24) is 0 Å². The van der Waals surface area contributed by atoms with E-state index in [1.165, 1.54) is 32.1 Å². The maximum atomic E-state index is 2.45. The van der Waals surface area contributed by atoms with E-state index in [1.54, 1.807) is 11.1 Å². The Morgan fingerprint density at radius 2 is 1.88 bits per heavy atom. The summed E-state index contributed by atoms with van der Waals surface area (Å²) in [6.07, 6.45) is 16.5. The molecule has 0 heteroatoms. The lowest BCUT2D eigenvalue weighted by molar-refractivity contribution is 0.565. The summed E-state index contributed by atoms with van der Waals surface area (Å²) in [5.74, 6) is 2.56. The molecule has 0 aromatic heterocycles. The maximum absolute atomic E-state index is 2.45. The van der Waals surface area contributed by atoms with Gasteiger partial charge < -0.3 is 0 Å². The lowest BCUT2D eigenvalue weighted by Crippen LogP contribution is -2.04. The molecule has 17 heavy (non-hydrogen) atoms. The predicted octanol–water partition coefficient (Wildman–Crippen LogP) is 5.28. The lowest BCUT2D eigenvalue weighted by Gasteiger charge is -2.18. The van der Waals surface area contributed by atoms with Crippen LogP contribution in [0.3, 0.4) is 0 Å². The van der Waals surface area contributed by atoms with Crippen molar-refractivity contribution in [3.63, 3.8) is 0 Å². The normalized spacial score (nSPS) is 36.5. The van der Waals surface area contributed by atoms with Gasteiger partial charge in [-0.3, -0.25) is 0 Å². The van der Waals surface area contributed by atoms with Gasteiger partial charge in [0.05, 0.1) is 0 Å². The highest BCUT2D eigenvalue weighted by Crippen LogP contribution is 2.51. The van der Waals surface area contributed by atoms with E-state index < -0.39 is 0 Å². The third kappa shape index (κ3) is 2.73. The molecular weight excluding hydrogens is 204 g/mol. The Morgan fingerprint density at radius 1 is 1.06 bits per heavy atom. The van der Waals surface area contributed by atoms with Crippen LogP contribution in [0.2, 0.25) is 0 Å². The lowest BCUT2D eigenvalue weighted by atomic mass is 9.87. The van der Waals surface area contributed by atoms with Gasteiger partial charge in [0.25, 0.3) is 0 Å². The van der Waals surface area contributed by atoms with Crippen molar-refractivity contribution in [2.75, 3.05) is 0 Å². The minimum absolute atomic E-state index is 0.778. The van der Waals surface area contributed by atoms with E-state index in [1.807, 2.05) is 13.8 Å². The average molecular weight is 230 g/mol. The topological polar surface area (TPSA) is 0 Å². The zero-order valence-electron chi connectivity index (χ0n) is 11.6. The summed E-state index contributed by atoms with van der Waals surface area (Å²) in [7, 11) is 0. The largest absolute Gasteiger partial charge is 0.0842 e. The highest BCUT2D eigenvalue weighted by molar-refractivity contribution is 5.44. The van der Waals surface area contributed by atoms with Crippen molar-refractivity contribution in [3.05, 3.63) is 35.5 Å². The van der Waals surface area contributed by atoms with E-state index in [2.05, 4.69) is 31.2 Å². The summed E-state index contributed by atoms with van der Waals surface area (Å²) in [5.41, 5.74) is 3.32. The average Bonchev–Trinajstić information content (AvgIpc) is 3.13. The van der Waals surface area contributed by atoms with Crippen LogP contribution in [0, 0.1) is 17.8 Å². The second kappa shape index (κ2) is 5.71.